The number of methoxy groups -OCH3 is 1. The van der Waals surface area contributed by atoms with E-state index in [1.165, 1.54) is 12.1 Å². The number of rotatable bonds is 3. The molecule has 3 aliphatic rings. The molecule has 1 fully saturated rings. The number of hydrogen-bond acceptors (Lipinski definition) is 11. The minimum Gasteiger partial charge on any atom is -0.508 e. The monoisotopic (exact) mass is 529 g/mol. The standard InChI is InChI=1S/C26H27NO11/c1-8-18(29)13(28)7-14(38-8)11-4-3-9-5-10-6-12-20(31)22(33)17(25(27)36)24(35)26(12,37-2)23(34)16(10)21(32)15(9)19(11)30/h3-5,8,12-14,18,20,28-32,35H,6-7H2,1-2H3,(H2,27,36). The normalized spacial score (nSPS) is 33.3. The van der Waals surface area contributed by atoms with Crippen LogP contribution >= 0.6 is 0 Å². The highest BCUT2D eigenvalue weighted by Crippen LogP contribution is 2.51. The van der Waals surface area contributed by atoms with Gasteiger partial charge in [-0.2, -0.15) is 0 Å². The second-order valence-corrected chi connectivity index (χ2v) is 9.96. The van der Waals surface area contributed by atoms with Crippen LogP contribution in [0.3, 0.4) is 0 Å². The first kappa shape index (κ1) is 26.1. The number of benzene rings is 2. The minimum absolute atomic E-state index is 0.0375. The first-order valence-corrected chi connectivity index (χ1v) is 11.9. The van der Waals surface area contributed by atoms with Crippen LogP contribution in [0.2, 0.25) is 0 Å². The lowest BCUT2D eigenvalue weighted by molar-refractivity contribution is -0.163. The van der Waals surface area contributed by atoms with Gasteiger partial charge in [0.25, 0.3) is 5.91 Å². The number of carbonyl (C=O) groups excluding carboxylic acids is 3. The minimum atomic E-state index is -2.40. The van der Waals surface area contributed by atoms with Crippen LogP contribution in [0.1, 0.15) is 40.9 Å². The Kier molecular flexibility index (Phi) is 6.00. The van der Waals surface area contributed by atoms with E-state index in [9.17, 15) is 45.0 Å². The number of carbonyl (C=O) groups is 3. The lowest BCUT2D eigenvalue weighted by Crippen LogP contribution is -2.62. The average molecular weight is 529 g/mol. The lowest BCUT2D eigenvalue weighted by Gasteiger charge is -2.46. The van der Waals surface area contributed by atoms with Crippen LogP contribution in [0.25, 0.3) is 10.8 Å². The predicted octanol–water partition coefficient (Wildman–Crippen LogP) is -0.196. The summed E-state index contributed by atoms with van der Waals surface area (Å²) in [5.74, 6) is -7.03. The van der Waals surface area contributed by atoms with Crippen molar-refractivity contribution >= 4 is 28.2 Å². The summed E-state index contributed by atoms with van der Waals surface area (Å²) >= 11 is 0. The van der Waals surface area contributed by atoms with Gasteiger partial charge in [-0.1, -0.05) is 18.2 Å². The van der Waals surface area contributed by atoms with Crippen molar-refractivity contribution in [2.75, 3.05) is 7.11 Å². The molecule has 7 unspecified atom stereocenters. The molecule has 1 aliphatic heterocycles. The number of aromatic hydroxyl groups is 2. The fourth-order valence-corrected chi connectivity index (χ4v) is 6.03. The second kappa shape index (κ2) is 8.75. The maximum Gasteiger partial charge on any atom is 0.255 e. The number of nitrogens with two attached hydrogens (primary N) is 1. The molecule has 7 atom stereocenters. The number of aliphatic hydroxyl groups excluding tert-OH is 4. The largest absolute Gasteiger partial charge is 0.508 e. The van der Waals surface area contributed by atoms with Crippen molar-refractivity contribution in [1.29, 1.82) is 0 Å². The third-order valence-corrected chi connectivity index (χ3v) is 8.00. The second-order valence-electron chi connectivity index (χ2n) is 9.96. The SMILES string of the molecule is COC12C(=O)c3c(cc4ccc(C5CC(O)C(O)C(C)O5)c(O)c4c3O)CC1C(O)C(=O)C(C(N)=O)=C2O. The van der Waals surface area contributed by atoms with E-state index < -0.39 is 82.3 Å². The van der Waals surface area contributed by atoms with Crippen LogP contribution in [0.5, 0.6) is 11.5 Å². The van der Waals surface area contributed by atoms with E-state index in [-0.39, 0.29) is 34.9 Å². The highest BCUT2D eigenvalue weighted by Gasteiger charge is 2.63. The van der Waals surface area contributed by atoms with Crippen LogP contribution < -0.4 is 5.73 Å². The van der Waals surface area contributed by atoms with Crippen molar-refractivity contribution in [3.8, 4) is 11.5 Å². The molecule has 0 radical (unpaired) electrons. The summed E-state index contributed by atoms with van der Waals surface area (Å²) in [5, 5.41) is 64.5. The number of Topliss-reactive ketones (excluding diaryl/α,β-unsaturated/α-hetero) is 2. The van der Waals surface area contributed by atoms with Gasteiger partial charge in [0.1, 0.15) is 35.0 Å². The number of ketones is 2. The summed E-state index contributed by atoms with van der Waals surface area (Å²) < 4.78 is 11.1. The number of phenolic OH excluding ortho intramolecular Hbond substituents is 2. The van der Waals surface area contributed by atoms with E-state index >= 15 is 0 Å². The Bertz CT molecular complexity index is 1420. The molecule has 8 N–H and O–H groups in total. The Labute approximate surface area is 215 Å². The van der Waals surface area contributed by atoms with E-state index in [2.05, 4.69) is 0 Å². The van der Waals surface area contributed by atoms with Gasteiger partial charge in [-0.3, -0.25) is 14.4 Å². The van der Waals surface area contributed by atoms with E-state index in [1.54, 1.807) is 13.0 Å². The summed E-state index contributed by atoms with van der Waals surface area (Å²) in [4.78, 5) is 38.4. The van der Waals surface area contributed by atoms with Crippen molar-refractivity contribution in [3.63, 3.8) is 0 Å². The van der Waals surface area contributed by atoms with Crippen LogP contribution in [-0.4, -0.2) is 85.2 Å². The molecule has 202 valence electrons. The number of aliphatic hydroxyl groups is 4. The van der Waals surface area contributed by atoms with Crippen molar-refractivity contribution in [2.45, 2.75) is 55.9 Å². The molecule has 2 aromatic rings. The Hall–Kier alpha value is -3.55. The quantitative estimate of drug-likeness (QED) is 0.258. The van der Waals surface area contributed by atoms with Gasteiger partial charge >= 0.3 is 0 Å². The van der Waals surface area contributed by atoms with Crippen molar-refractivity contribution in [2.24, 2.45) is 11.7 Å². The Balaban J connectivity index is 1.71. The third kappa shape index (κ3) is 3.31. The van der Waals surface area contributed by atoms with Crippen molar-refractivity contribution in [1.82, 2.24) is 0 Å². The molecule has 0 bridgehead atoms. The molecule has 2 aliphatic carbocycles. The zero-order valence-corrected chi connectivity index (χ0v) is 20.4. The predicted molar refractivity (Wildman–Crippen MR) is 128 cm³/mol. The summed E-state index contributed by atoms with van der Waals surface area (Å²) in [6, 6.07) is 4.58. The third-order valence-electron chi connectivity index (χ3n) is 8.00. The summed E-state index contributed by atoms with van der Waals surface area (Å²) in [6.07, 6.45) is -5.98. The molecule has 0 spiro atoms. The number of ether oxygens (including phenoxy) is 2. The molecule has 1 amide bonds. The summed E-state index contributed by atoms with van der Waals surface area (Å²) in [6.45, 7) is 1.56. The molecule has 1 heterocycles. The van der Waals surface area contributed by atoms with Crippen LogP contribution in [0.15, 0.2) is 29.5 Å². The van der Waals surface area contributed by atoms with Gasteiger partial charge < -0.3 is 45.8 Å². The van der Waals surface area contributed by atoms with E-state index in [1.807, 2.05) is 0 Å². The van der Waals surface area contributed by atoms with Crippen LogP contribution in [-0.2, 0) is 25.5 Å². The van der Waals surface area contributed by atoms with Crippen LogP contribution in [0.4, 0.5) is 0 Å². The van der Waals surface area contributed by atoms with Crippen LogP contribution in [0, 0.1) is 5.92 Å². The maximum atomic E-state index is 13.9. The zero-order chi connectivity index (χ0) is 27.8. The van der Waals surface area contributed by atoms with Gasteiger partial charge in [-0.05, 0) is 24.3 Å². The lowest BCUT2D eigenvalue weighted by atomic mass is 9.62. The maximum absolute atomic E-state index is 13.9. The molecule has 2 aromatic carbocycles. The Morgan fingerprint density at radius 2 is 1.82 bits per heavy atom. The number of fused-ring (bicyclic) bond motifs is 3. The molecular formula is C26H27NO11. The zero-order valence-electron chi connectivity index (χ0n) is 20.4. The van der Waals surface area contributed by atoms with Gasteiger partial charge in [0.2, 0.25) is 11.6 Å². The van der Waals surface area contributed by atoms with Crippen molar-refractivity contribution in [3.05, 3.63) is 46.2 Å². The first-order valence-electron chi connectivity index (χ1n) is 11.9. The fourth-order valence-electron chi connectivity index (χ4n) is 6.03. The molecule has 5 rings (SSSR count). The van der Waals surface area contributed by atoms with Gasteiger partial charge in [0.05, 0.1) is 29.3 Å². The molecular weight excluding hydrogens is 502 g/mol. The highest BCUT2D eigenvalue weighted by atomic mass is 16.5. The molecule has 0 saturated carbocycles. The highest BCUT2D eigenvalue weighted by molar-refractivity contribution is 6.24. The number of phenols is 2. The van der Waals surface area contributed by atoms with E-state index in [0.29, 0.717) is 5.39 Å². The number of hydrogen-bond donors (Lipinski definition) is 7. The van der Waals surface area contributed by atoms with Gasteiger partial charge in [0, 0.05) is 25.0 Å². The van der Waals surface area contributed by atoms with Gasteiger partial charge in [-0.15, -0.1) is 0 Å². The molecule has 12 heteroatoms. The first-order chi connectivity index (χ1) is 17.9. The fraction of sp³-hybridized carbons (Fsp3) is 0.423. The molecule has 12 nitrogen and oxygen atoms in total. The Morgan fingerprint density at radius 1 is 1.13 bits per heavy atom. The average Bonchev–Trinajstić information content (AvgIpc) is 2.85. The topological polar surface area (TPSA) is 217 Å². The smallest absolute Gasteiger partial charge is 0.255 e. The van der Waals surface area contributed by atoms with E-state index in [4.69, 9.17) is 15.2 Å². The number of primary amides is 1. The van der Waals surface area contributed by atoms with Gasteiger partial charge in [0.15, 0.2) is 5.60 Å². The Morgan fingerprint density at radius 3 is 2.42 bits per heavy atom. The molecule has 1 saturated heterocycles. The van der Waals surface area contributed by atoms with Crippen molar-refractivity contribution < 1.29 is 54.5 Å². The summed E-state index contributed by atoms with van der Waals surface area (Å²) in [5.41, 5.74) is 1.95. The summed E-state index contributed by atoms with van der Waals surface area (Å²) in [7, 11) is 1.04. The molecule has 0 aromatic heterocycles. The van der Waals surface area contributed by atoms with E-state index in [0.717, 1.165) is 7.11 Å². The molecule has 38 heavy (non-hydrogen) atoms. The number of amides is 1. The van der Waals surface area contributed by atoms with Gasteiger partial charge in [-0.25, -0.2) is 0 Å².